The summed E-state index contributed by atoms with van der Waals surface area (Å²) in [5.41, 5.74) is 1.01. The summed E-state index contributed by atoms with van der Waals surface area (Å²) in [6.07, 6.45) is 0.0785. The van der Waals surface area contributed by atoms with Gasteiger partial charge in [0.1, 0.15) is 6.10 Å². The minimum absolute atomic E-state index is 0.133. The lowest BCUT2D eigenvalue weighted by molar-refractivity contribution is -0.116. The standard InChI is InChI=1S/C15H18O5S/c1-3-21(16,17)14-9-15(18-2)20-13(14)11-19-10-12-7-5-4-6-8-12/h3-9,13,15H,1,10-11H2,2H3/t13-,15+/m1/s1. The first-order valence-corrected chi connectivity index (χ1v) is 8.00. The maximum absolute atomic E-state index is 11.9. The summed E-state index contributed by atoms with van der Waals surface area (Å²) in [5.74, 6) is 0. The molecule has 1 aromatic rings. The predicted octanol–water partition coefficient (Wildman–Crippen LogP) is 2.02. The van der Waals surface area contributed by atoms with E-state index in [1.165, 1.54) is 13.2 Å². The highest BCUT2D eigenvalue weighted by molar-refractivity contribution is 7.98. The van der Waals surface area contributed by atoms with Crippen LogP contribution in [0.5, 0.6) is 0 Å². The van der Waals surface area contributed by atoms with Crippen LogP contribution in [0.3, 0.4) is 0 Å². The number of benzene rings is 1. The molecule has 21 heavy (non-hydrogen) atoms. The quantitative estimate of drug-likeness (QED) is 0.771. The molecule has 1 heterocycles. The van der Waals surface area contributed by atoms with E-state index in [0.29, 0.717) is 6.61 Å². The number of hydrogen-bond acceptors (Lipinski definition) is 5. The van der Waals surface area contributed by atoms with Crippen LogP contribution >= 0.6 is 0 Å². The van der Waals surface area contributed by atoms with Crippen LogP contribution in [0.15, 0.2) is 53.3 Å². The van der Waals surface area contributed by atoms with Crippen LogP contribution in [0.4, 0.5) is 0 Å². The number of methoxy groups -OCH3 is 1. The van der Waals surface area contributed by atoms with Crippen LogP contribution in [-0.4, -0.2) is 34.5 Å². The Morgan fingerprint density at radius 2 is 2.05 bits per heavy atom. The van der Waals surface area contributed by atoms with Gasteiger partial charge < -0.3 is 14.2 Å². The Morgan fingerprint density at radius 1 is 1.33 bits per heavy atom. The van der Waals surface area contributed by atoms with Gasteiger partial charge in [-0.3, -0.25) is 0 Å². The lowest BCUT2D eigenvalue weighted by atomic mass is 10.2. The molecule has 1 aliphatic heterocycles. The van der Waals surface area contributed by atoms with Gasteiger partial charge in [-0.2, -0.15) is 0 Å². The van der Waals surface area contributed by atoms with E-state index in [-0.39, 0.29) is 11.5 Å². The molecule has 0 N–H and O–H groups in total. The third-order valence-corrected chi connectivity index (χ3v) is 4.57. The molecule has 0 saturated carbocycles. The summed E-state index contributed by atoms with van der Waals surface area (Å²) in [5, 5.41) is 0.907. The third-order valence-electron chi connectivity index (χ3n) is 3.08. The van der Waals surface area contributed by atoms with Crippen molar-refractivity contribution in [2.75, 3.05) is 13.7 Å². The molecule has 114 valence electrons. The van der Waals surface area contributed by atoms with Gasteiger partial charge in [0.2, 0.25) is 0 Å². The smallest absolute Gasteiger partial charge is 0.197 e. The Hall–Kier alpha value is -1.47. The Balaban J connectivity index is 1.99. The largest absolute Gasteiger partial charge is 0.374 e. The summed E-state index contributed by atoms with van der Waals surface area (Å²) < 4.78 is 39.9. The molecule has 0 radical (unpaired) electrons. The average Bonchev–Trinajstić information content (AvgIpc) is 2.92. The minimum Gasteiger partial charge on any atom is -0.374 e. The van der Waals surface area contributed by atoms with Gasteiger partial charge >= 0.3 is 0 Å². The van der Waals surface area contributed by atoms with E-state index in [1.807, 2.05) is 30.3 Å². The van der Waals surface area contributed by atoms with Crippen molar-refractivity contribution in [1.29, 1.82) is 0 Å². The average molecular weight is 310 g/mol. The molecule has 5 nitrogen and oxygen atoms in total. The second kappa shape index (κ2) is 7.00. The minimum atomic E-state index is -3.55. The van der Waals surface area contributed by atoms with Crippen molar-refractivity contribution in [3.63, 3.8) is 0 Å². The van der Waals surface area contributed by atoms with Crippen molar-refractivity contribution in [3.05, 3.63) is 58.9 Å². The highest BCUT2D eigenvalue weighted by Crippen LogP contribution is 2.26. The van der Waals surface area contributed by atoms with Gasteiger partial charge in [-0.05, 0) is 11.6 Å². The molecular formula is C15H18O5S. The fraction of sp³-hybridized carbons (Fsp3) is 0.333. The van der Waals surface area contributed by atoms with E-state index in [2.05, 4.69) is 6.58 Å². The van der Waals surface area contributed by atoms with Gasteiger partial charge in [-0.1, -0.05) is 36.9 Å². The van der Waals surface area contributed by atoms with E-state index >= 15 is 0 Å². The van der Waals surface area contributed by atoms with E-state index in [9.17, 15) is 8.42 Å². The van der Waals surface area contributed by atoms with Gasteiger partial charge in [0, 0.05) is 12.5 Å². The molecule has 0 spiro atoms. The first kappa shape index (κ1) is 15.9. The molecule has 0 aliphatic carbocycles. The summed E-state index contributed by atoms with van der Waals surface area (Å²) in [7, 11) is -2.09. The second-order valence-corrected chi connectivity index (χ2v) is 6.41. The molecule has 0 saturated heterocycles. The fourth-order valence-electron chi connectivity index (χ4n) is 1.99. The van der Waals surface area contributed by atoms with E-state index in [4.69, 9.17) is 14.2 Å². The Bertz CT molecular complexity index is 606. The maximum atomic E-state index is 11.9. The molecule has 0 unspecified atom stereocenters. The van der Waals surface area contributed by atoms with Crippen LogP contribution < -0.4 is 0 Å². The van der Waals surface area contributed by atoms with Crippen LogP contribution in [0.1, 0.15) is 5.56 Å². The van der Waals surface area contributed by atoms with E-state index in [0.717, 1.165) is 11.0 Å². The lowest BCUT2D eigenvalue weighted by Gasteiger charge is -2.15. The highest BCUT2D eigenvalue weighted by Gasteiger charge is 2.34. The molecule has 0 amide bonds. The zero-order valence-corrected chi connectivity index (χ0v) is 12.6. The van der Waals surface area contributed by atoms with Crippen LogP contribution in [0, 0.1) is 0 Å². The van der Waals surface area contributed by atoms with Crippen molar-refractivity contribution in [3.8, 4) is 0 Å². The van der Waals surface area contributed by atoms with Gasteiger partial charge in [0.05, 0.1) is 18.1 Å². The van der Waals surface area contributed by atoms with Crippen LogP contribution in [-0.2, 0) is 30.7 Å². The number of sulfone groups is 1. The topological polar surface area (TPSA) is 61.8 Å². The molecule has 0 aromatic heterocycles. The molecule has 1 aliphatic rings. The Labute approximate surface area is 124 Å². The summed E-state index contributed by atoms with van der Waals surface area (Å²) in [6, 6.07) is 9.62. The lowest BCUT2D eigenvalue weighted by Crippen LogP contribution is -2.24. The van der Waals surface area contributed by atoms with Gasteiger partial charge in [-0.15, -0.1) is 0 Å². The first-order chi connectivity index (χ1) is 10.1. The van der Waals surface area contributed by atoms with Crippen LogP contribution in [0.25, 0.3) is 0 Å². The summed E-state index contributed by atoms with van der Waals surface area (Å²) in [6.45, 7) is 3.85. The Kier molecular flexibility index (Phi) is 5.30. The van der Waals surface area contributed by atoms with Crippen molar-refractivity contribution < 1.29 is 22.6 Å². The molecule has 2 atom stereocenters. The molecular weight excluding hydrogens is 292 g/mol. The maximum Gasteiger partial charge on any atom is 0.197 e. The summed E-state index contributed by atoms with van der Waals surface area (Å²) >= 11 is 0. The zero-order chi connectivity index (χ0) is 15.3. The number of hydrogen-bond donors (Lipinski definition) is 0. The van der Waals surface area contributed by atoms with Crippen molar-refractivity contribution in [1.82, 2.24) is 0 Å². The van der Waals surface area contributed by atoms with Gasteiger partial charge in [0.15, 0.2) is 16.1 Å². The predicted molar refractivity (Wildman–Crippen MR) is 79.0 cm³/mol. The number of ether oxygens (including phenoxy) is 3. The van der Waals surface area contributed by atoms with Crippen molar-refractivity contribution in [2.24, 2.45) is 0 Å². The van der Waals surface area contributed by atoms with E-state index in [1.54, 1.807) is 0 Å². The third kappa shape index (κ3) is 4.01. The van der Waals surface area contributed by atoms with Gasteiger partial charge in [0.25, 0.3) is 0 Å². The van der Waals surface area contributed by atoms with Crippen molar-refractivity contribution in [2.45, 2.75) is 19.0 Å². The monoisotopic (exact) mass is 310 g/mol. The zero-order valence-electron chi connectivity index (χ0n) is 11.8. The second-order valence-electron chi connectivity index (χ2n) is 4.51. The fourth-order valence-corrected chi connectivity index (χ4v) is 2.97. The van der Waals surface area contributed by atoms with Crippen LogP contribution in [0.2, 0.25) is 0 Å². The SMILES string of the molecule is C=CS(=O)(=O)C1=C[C@@H](OC)O[C@@H]1COCc1ccccc1. The first-order valence-electron chi connectivity index (χ1n) is 6.46. The Morgan fingerprint density at radius 3 is 2.67 bits per heavy atom. The molecule has 0 fully saturated rings. The molecule has 1 aromatic carbocycles. The molecule has 2 rings (SSSR count). The van der Waals surface area contributed by atoms with Crippen molar-refractivity contribution >= 4 is 9.84 Å². The highest BCUT2D eigenvalue weighted by atomic mass is 32.2. The van der Waals surface area contributed by atoms with Gasteiger partial charge in [-0.25, -0.2) is 8.42 Å². The number of rotatable bonds is 7. The normalized spacial score (nSPS) is 22.0. The molecule has 6 heteroatoms. The van der Waals surface area contributed by atoms with E-state index < -0.39 is 22.2 Å². The molecule has 0 bridgehead atoms. The summed E-state index contributed by atoms with van der Waals surface area (Å²) in [4.78, 5) is 0.136.